The molecule has 1 aromatic heterocycles. The molecule has 7 nitrogen and oxygen atoms in total. The summed E-state index contributed by atoms with van der Waals surface area (Å²) in [4.78, 5) is 10.3. The summed E-state index contributed by atoms with van der Waals surface area (Å²) in [7, 11) is 0. The third-order valence-electron chi connectivity index (χ3n) is 2.89. The lowest BCUT2D eigenvalue weighted by atomic mass is 10.2. The highest BCUT2D eigenvalue weighted by molar-refractivity contribution is 5.55. The predicted octanol–water partition coefficient (Wildman–Crippen LogP) is 2.13. The second-order valence-electron chi connectivity index (χ2n) is 4.14. The number of hydrogen-bond acceptors (Lipinski definition) is 5. The smallest absolute Gasteiger partial charge is 0.269 e. The molecule has 2 aromatic rings. The van der Waals surface area contributed by atoms with Crippen LogP contribution in [0.2, 0.25) is 0 Å². The molecular formula is C12H15N5O2. The van der Waals surface area contributed by atoms with Gasteiger partial charge >= 0.3 is 0 Å². The van der Waals surface area contributed by atoms with Crippen LogP contribution in [0.15, 0.2) is 24.5 Å². The summed E-state index contributed by atoms with van der Waals surface area (Å²) in [5.74, 6) is 0.834. The van der Waals surface area contributed by atoms with Gasteiger partial charge in [-0.05, 0) is 25.5 Å². The van der Waals surface area contributed by atoms with Crippen molar-refractivity contribution in [1.29, 1.82) is 0 Å². The van der Waals surface area contributed by atoms with Crippen LogP contribution in [0, 0.1) is 17.0 Å². The minimum Gasteiger partial charge on any atom is -0.378 e. The van der Waals surface area contributed by atoms with E-state index in [4.69, 9.17) is 0 Å². The van der Waals surface area contributed by atoms with Crippen LogP contribution in [-0.2, 0) is 13.1 Å². The molecule has 1 aromatic carbocycles. The van der Waals surface area contributed by atoms with E-state index in [9.17, 15) is 10.1 Å². The highest BCUT2D eigenvalue weighted by atomic mass is 16.6. The Morgan fingerprint density at radius 3 is 2.89 bits per heavy atom. The first-order valence-electron chi connectivity index (χ1n) is 5.97. The summed E-state index contributed by atoms with van der Waals surface area (Å²) in [6.45, 7) is 5.19. The van der Waals surface area contributed by atoms with Crippen LogP contribution in [0.25, 0.3) is 0 Å². The maximum absolute atomic E-state index is 10.7. The number of anilines is 1. The lowest BCUT2D eigenvalue weighted by Gasteiger charge is -2.09. The summed E-state index contributed by atoms with van der Waals surface area (Å²) in [6, 6.07) is 4.74. The van der Waals surface area contributed by atoms with Crippen molar-refractivity contribution in [3.8, 4) is 0 Å². The number of non-ortho nitro benzene ring substituents is 1. The summed E-state index contributed by atoms with van der Waals surface area (Å²) in [5, 5.41) is 21.7. The molecule has 1 heterocycles. The van der Waals surface area contributed by atoms with Crippen molar-refractivity contribution in [2.45, 2.75) is 26.9 Å². The maximum atomic E-state index is 10.7. The highest BCUT2D eigenvalue weighted by Crippen LogP contribution is 2.21. The number of benzene rings is 1. The van der Waals surface area contributed by atoms with E-state index in [-0.39, 0.29) is 5.69 Å². The molecule has 0 unspecified atom stereocenters. The standard InChI is InChI=1S/C12H15N5O2/c1-3-16-8-14-15-12(16)7-13-11-5-4-10(17(18)19)6-9(11)2/h4-6,8,13H,3,7H2,1-2H3. The number of aromatic nitrogens is 3. The van der Waals surface area contributed by atoms with Crippen LogP contribution in [0.3, 0.4) is 0 Å². The van der Waals surface area contributed by atoms with Crippen LogP contribution in [0.5, 0.6) is 0 Å². The summed E-state index contributed by atoms with van der Waals surface area (Å²) in [5.41, 5.74) is 1.78. The fourth-order valence-electron chi connectivity index (χ4n) is 1.81. The van der Waals surface area contributed by atoms with Gasteiger partial charge in [0.25, 0.3) is 5.69 Å². The first-order valence-corrected chi connectivity index (χ1v) is 5.97. The lowest BCUT2D eigenvalue weighted by molar-refractivity contribution is -0.384. The molecule has 0 bridgehead atoms. The molecule has 0 aliphatic heterocycles. The Morgan fingerprint density at radius 1 is 1.47 bits per heavy atom. The molecule has 100 valence electrons. The number of hydrogen-bond donors (Lipinski definition) is 1. The average molecular weight is 261 g/mol. The molecule has 1 N–H and O–H groups in total. The van der Waals surface area contributed by atoms with Gasteiger partial charge in [0.1, 0.15) is 6.33 Å². The predicted molar refractivity (Wildman–Crippen MR) is 70.9 cm³/mol. The minimum atomic E-state index is -0.398. The first-order chi connectivity index (χ1) is 9.11. The van der Waals surface area contributed by atoms with Crippen LogP contribution >= 0.6 is 0 Å². The minimum absolute atomic E-state index is 0.0970. The molecule has 19 heavy (non-hydrogen) atoms. The van der Waals surface area contributed by atoms with Crippen molar-refractivity contribution in [3.05, 3.63) is 46.0 Å². The molecule has 0 radical (unpaired) electrons. The van der Waals surface area contributed by atoms with Gasteiger partial charge in [0.05, 0.1) is 11.5 Å². The zero-order chi connectivity index (χ0) is 13.8. The molecular weight excluding hydrogens is 246 g/mol. The van der Waals surface area contributed by atoms with Crippen LogP contribution < -0.4 is 5.32 Å². The lowest BCUT2D eigenvalue weighted by Crippen LogP contribution is -2.08. The molecule has 7 heteroatoms. The van der Waals surface area contributed by atoms with E-state index in [0.29, 0.717) is 6.54 Å². The molecule has 0 spiro atoms. The number of aryl methyl sites for hydroxylation is 2. The SMILES string of the molecule is CCn1cnnc1CNc1ccc([N+](=O)[O-])cc1C. The quantitative estimate of drug-likeness (QED) is 0.658. The molecule has 0 saturated heterocycles. The van der Waals surface area contributed by atoms with Gasteiger partial charge in [-0.25, -0.2) is 0 Å². The maximum Gasteiger partial charge on any atom is 0.269 e. The topological polar surface area (TPSA) is 85.9 Å². The van der Waals surface area contributed by atoms with Gasteiger partial charge in [-0.1, -0.05) is 0 Å². The number of nitro groups is 1. The summed E-state index contributed by atoms with van der Waals surface area (Å²) >= 11 is 0. The molecule has 0 fully saturated rings. The Labute approximate surface area is 110 Å². The van der Waals surface area contributed by atoms with Crippen molar-refractivity contribution in [2.24, 2.45) is 0 Å². The van der Waals surface area contributed by atoms with Gasteiger partial charge < -0.3 is 9.88 Å². The Hall–Kier alpha value is -2.44. The zero-order valence-corrected chi connectivity index (χ0v) is 10.8. The molecule has 2 rings (SSSR count). The van der Waals surface area contributed by atoms with E-state index in [1.54, 1.807) is 18.5 Å². The van der Waals surface area contributed by atoms with Crippen LogP contribution in [-0.4, -0.2) is 19.7 Å². The van der Waals surface area contributed by atoms with Crippen molar-refractivity contribution in [2.75, 3.05) is 5.32 Å². The number of rotatable bonds is 5. The van der Waals surface area contributed by atoms with Crippen molar-refractivity contribution >= 4 is 11.4 Å². The summed E-state index contributed by atoms with van der Waals surface area (Å²) in [6.07, 6.45) is 1.68. The monoisotopic (exact) mass is 261 g/mol. The van der Waals surface area contributed by atoms with Gasteiger partial charge in [-0.15, -0.1) is 10.2 Å². The largest absolute Gasteiger partial charge is 0.378 e. The van der Waals surface area contributed by atoms with Gasteiger partial charge in [-0.2, -0.15) is 0 Å². The third kappa shape index (κ3) is 2.87. The van der Waals surface area contributed by atoms with Gasteiger partial charge in [0.15, 0.2) is 5.82 Å². The fourth-order valence-corrected chi connectivity index (χ4v) is 1.81. The second-order valence-corrected chi connectivity index (χ2v) is 4.14. The molecule has 0 amide bonds. The number of nitro benzene ring substituents is 1. The fraction of sp³-hybridized carbons (Fsp3) is 0.333. The molecule has 0 aliphatic carbocycles. The average Bonchev–Trinajstić information content (AvgIpc) is 2.84. The molecule has 0 aliphatic rings. The van der Waals surface area contributed by atoms with Gasteiger partial charge in [0.2, 0.25) is 0 Å². The normalized spacial score (nSPS) is 10.4. The van der Waals surface area contributed by atoms with E-state index in [0.717, 1.165) is 23.6 Å². The van der Waals surface area contributed by atoms with E-state index in [2.05, 4.69) is 15.5 Å². The van der Waals surface area contributed by atoms with Gasteiger partial charge in [-0.3, -0.25) is 10.1 Å². The number of nitrogens with one attached hydrogen (secondary N) is 1. The van der Waals surface area contributed by atoms with Crippen LogP contribution in [0.4, 0.5) is 11.4 Å². The Bertz CT molecular complexity index is 594. The summed E-state index contributed by atoms with van der Waals surface area (Å²) < 4.78 is 1.94. The highest BCUT2D eigenvalue weighted by Gasteiger charge is 2.08. The van der Waals surface area contributed by atoms with Crippen molar-refractivity contribution in [1.82, 2.24) is 14.8 Å². The Balaban J connectivity index is 2.10. The van der Waals surface area contributed by atoms with E-state index >= 15 is 0 Å². The molecule has 0 atom stereocenters. The Kier molecular flexibility index (Phi) is 3.74. The van der Waals surface area contributed by atoms with Crippen molar-refractivity contribution in [3.63, 3.8) is 0 Å². The first kappa shape index (κ1) is 13.0. The molecule has 0 saturated carbocycles. The van der Waals surface area contributed by atoms with E-state index in [1.165, 1.54) is 6.07 Å². The second kappa shape index (κ2) is 5.47. The van der Waals surface area contributed by atoms with Gasteiger partial charge in [0, 0.05) is 24.4 Å². The van der Waals surface area contributed by atoms with Crippen LogP contribution in [0.1, 0.15) is 18.3 Å². The Morgan fingerprint density at radius 2 is 2.26 bits per heavy atom. The van der Waals surface area contributed by atoms with E-state index in [1.807, 2.05) is 18.4 Å². The third-order valence-corrected chi connectivity index (χ3v) is 2.89. The van der Waals surface area contributed by atoms with E-state index < -0.39 is 4.92 Å². The zero-order valence-electron chi connectivity index (χ0n) is 10.8. The van der Waals surface area contributed by atoms with Crippen molar-refractivity contribution < 1.29 is 4.92 Å². The number of nitrogens with zero attached hydrogens (tertiary/aromatic N) is 4.